The summed E-state index contributed by atoms with van der Waals surface area (Å²) in [7, 11) is -3.14. The molecule has 5 nitrogen and oxygen atoms in total. The number of sulfonamides is 1. The van der Waals surface area contributed by atoms with Gasteiger partial charge in [-0.1, -0.05) is 11.6 Å². The van der Waals surface area contributed by atoms with Gasteiger partial charge in [0.15, 0.2) is 5.15 Å². The smallest absolute Gasteiger partial charge is 0.211 e. The quantitative estimate of drug-likeness (QED) is 0.815. The summed E-state index contributed by atoms with van der Waals surface area (Å²) in [6.07, 6.45) is 6.06. The highest BCUT2D eigenvalue weighted by Crippen LogP contribution is 2.29. The predicted octanol–water partition coefficient (Wildman–Crippen LogP) is 1.27. The fraction of sp³-hybridized carbons (Fsp3) is 0.600. The van der Waals surface area contributed by atoms with Gasteiger partial charge in [-0.05, 0) is 12.8 Å². The van der Waals surface area contributed by atoms with Gasteiger partial charge in [-0.25, -0.2) is 17.7 Å². The Kier molecular flexibility index (Phi) is 3.65. The van der Waals surface area contributed by atoms with Crippen LogP contribution in [0.25, 0.3) is 0 Å². The van der Waals surface area contributed by atoms with Gasteiger partial charge in [-0.3, -0.25) is 4.98 Å². The zero-order chi connectivity index (χ0) is 12.5. The Balaban J connectivity index is 2.21. The Hall–Kier alpha value is -0.720. The second-order valence-electron chi connectivity index (χ2n) is 4.19. The van der Waals surface area contributed by atoms with Crippen molar-refractivity contribution in [1.82, 2.24) is 14.3 Å². The van der Waals surface area contributed by atoms with Crippen LogP contribution in [0, 0.1) is 0 Å². The summed E-state index contributed by atoms with van der Waals surface area (Å²) in [5, 5.41) is 0.368. The van der Waals surface area contributed by atoms with Crippen molar-refractivity contribution in [1.29, 1.82) is 0 Å². The van der Waals surface area contributed by atoms with Gasteiger partial charge in [0.05, 0.1) is 11.9 Å². The third-order valence-electron chi connectivity index (χ3n) is 2.92. The van der Waals surface area contributed by atoms with E-state index in [4.69, 9.17) is 11.6 Å². The fourth-order valence-corrected chi connectivity index (χ4v) is 3.24. The van der Waals surface area contributed by atoms with E-state index in [1.54, 1.807) is 6.20 Å². The Morgan fingerprint density at radius 2 is 2.12 bits per heavy atom. The molecule has 0 radical (unpaired) electrons. The van der Waals surface area contributed by atoms with Gasteiger partial charge in [0.25, 0.3) is 0 Å². The molecular formula is C10H14ClN3O2S. The first-order chi connectivity index (χ1) is 7.98. The number of hydrogen-bond donors (Lipinski definition) is 0. The lowest BCUT2D eigenvalue weighted by Crippen LogP contribution is -2.38. The lowest BCUT2D eigenvalue weighted by Gasteiger charge is -2.30. The van der Waals surface area contributed by atoms with Crippen LogP contribution in [-0.2, 0) is 10.0 Å². The SMILES string of the molecule is CS(=O)(=O)N1CCC[C@H](c2nccnc2Cl)C1. The molecule has 0 aliphatic carbocycles. The molecule has 0 aromatic carbocycles. The Labute approximate surface area is 106 Å². The van der Waals surface area contributed by atoms with Crippen molar-refractivity contribution >= 4 is 21.6 Å². The van der Waals surface area contributed by atoms with E-state index in [1.807, 2.05) is 0 Å². The van der Waals surface area contributed by atoms with E-state index in [-0.39, 0.29) is 5.92 Å². The minimum absolute atomic E-state index is 0.0414. The van der Waals surface area contributed by atoms with Crippen LogP contribution in [0.3, 0.4) is 0 Å². The second kappa shape index (κ2) is 4.88. The average Bonchev–Trinajstić information content (AvgIpc) is 2.29. The predicted molar refractivity (Wildman–Crippen MR) is 65.4 cm³/mol. The van der Waals surface area contributed by atoms with Crippen LogP contribution in [0.4, 0.5) is 0 Å². The third-order valence-corrected chi connectivity index (χ3v) is 4.48. The molecule has 0 amide bonds. The molecule has 7 heteroatoms. The van der Waals surface area contributed by atoms with Gasteiger partial charge in [0.2, 0.25) is 10.0 Å². The summed E-state index contributed by atoms with van der Waals surface area (Å²) in [6.45, 7) is 1.02. The largest absolute Gasteiger partial charge is 0.256 e. The van der Waals surface area contributed by atoms with Gasteiger partial charge in [-0.15, -0.1) is 0 Å². The molecule has 94 valence electrons. The highest BCUT2D eigenvalue weighted by molar-refractivity contribution is 7.88. The van der Waals surface area contributed by atoms with E-state index in [0.717, 1.165) is 12.8 Å². The highest BCUT2D eigenvalue weighted by Gasteiger charge is 2.28. The van der Waals surface area contributed by atoms with E-state index in [0.29, 0.717) is 23.9 Å². The lowest BCUT2D eigenvalue weighted by molar-refractivity contribution is 0.314. The number of aromatic nitrogens is 2. The maximum Gasteiger partial charge on any atom is 0.211 e. The first-order valence-corrected chi connectivity index (χ1v) is 7.62. The molecule has 0 N–H and O–H groups in total. The van der Waals surface area contributed by atoms with Gasteiger partial charge in [0, 0.05) is 31.4 Å². The van der Waals surface area contributed by atoms with E-state index in [9.17, 15) is 8.42 Å². The zero-order valence-electron chi connectivity index (χ0n) is 9.50. The maximum absolute atomic E-state index is 11.5. The molecule has 1 aliphatic heterocycles. The topological polar surface area (TPSA) is 63.2 Å². The van der Waals surface area contributed by atoms with Crippen LogP contribution < -0.4 is 0 Å². The van der Waals surface area contributed by atoms with Gasteiger partial charge in [-0.2, -0.15) is 0 Å². The van der Waals surface area contributed by atoms with Crippen LogP contribution in [0.1, 0.15) is 24.5 Å². The van der Waals surface area contributed by atoms with Crippen molar-refractivity contribution in [2.45, 2.75) is 18.8 Å². The number of piperidine rings is 1. The monoisotopic (exact) mass is 275 g/mol. The van der Waals surface area contributed by atoms with Gasteiger partial charge >= 0.3 is 0 Å². The second-order valence-corrected chi connectivity index (χ2v) is 6.53. The number of halogens is 1. The van der Waals surface area contributed by atoms with Crippen LogP contribution in [0.15, 0.2) is 12.4 Å². The summed E-state index contributed by atoms with van der Waals surface area (Å²) in [5.74, 6) is 0.0414. The molecule has 2 heterocycles. The summed E-state index contributed by atoms with van der Waals surface area (Å²) in [4.78, 5) is 8.18. The first-order valence-electron chi connectivity index (χ1n) is 5.40. The minimum atomic E-state index is -3.14. The van der Waals surface area contributed by atoms with Crippen LogP contribution >= 0.6 is 11.6 Å². The number of hydrogen-bond acceptors (Lipinski definition) is 4. The minimum Gasteiger partial charge on any atom is -0.256 e. The first kappa shape index (κ1) is 12.7. The lowest BCUT2D eigenvalue weighted by atomic mass is 9.96. The van der Waals surface area contributed by atoms with Crippen molar-refractivity contribution in [3.05, 3.63) is 23.2 Å². The van der Waals surface area contributed by atoms with Crippen LogP contribution in [-0.4, -0.2) is 42.0 Å². The molecule has 1 atom stereocenters. The van der Waals surface area contributed by atoms with E-state index in [2.05, 4.69) is 9.97 Å². The molecule has 0 unspecified atom stereocenters. The molecule has 1 aromatic heterocycles. The van der Waals surface area contributed by atoms with Crippen molar-refractivity contribution in [2.24, 2.45) is 0 Å². The van der Waals surface area contributed by atoms with Gasteiger partial charge < -0.3 is 0 Å². The molecule has 1 fully saturated rings. The summed E-state index contributed by atoms with van der Waals surface area (Å²) < 4.78 is 24.5. The summed E-state index contributed by atoms with van der Waals surface area (Å²) >= 11 is 5.98. The van der Waals surface area contributed by atoms with Crippen LogP contribution in [0.2, 0.25) is 5.15 Å². The molecular weight excluding hydrogens is 262 g/mol. The Morgan fingerprint density at radius 3 is 2.76 bits per heavy atom. The van der Waals surface area contributed by atoms with E-state index >= 15 is 0 Å². The van der Waals surface area contributed by atoms with Gasteiger partial charge in [0.1, 0.15) is 0 Å². The molecule has 0 bridgehead atoms. The highest BCUT2D eigenvalue weighted by atomic mass is 35.5. The van der Waals surface area contributed by atoms with Crippen molar-refractivity contribution in [3.8, 4) is 0 Å². The van der Waals surface area contributed by atoms with Crippen molar-refractivity contribution < 1.29 is 8.42 Å². The normalized spacial score (nSPS) is 22.6. The summed E-state index contributed by atoms with van der Waals surface area (Å²) in [5.41, 5.74) is 0.697. The van der Waals surface area contributed by atoms with E-state index < -0.39 is 10.0 Å². The molecule has 1 aliphatic rings. The molecule has 0 saturated carbocycles. The number of rotatable bonds is 2. The molecule has 0 spiro atoms. The number of nitrogens with zero attached hydrogens (tertiary/aromatic N) is 3. The average molecular weight is 276 g/mol. The Bertz CT molecular complexity index is 506. The third kappa shape index (κ3) is 2.94. The maximum atomic E-state index is 11.5. The standard InChI is InChI=1S/C10H14ClN3O2S/c1-17(15,16)14-6-2-3-8(7-14)9-10(11)13-5-4-12-9/h4-5,8H,2-3,6-7H2,1H3/t8-/m0/s1. The zero-order valence-corrected chi connectivity index (χ0v) is 11.1. The summed E-state index contributed by atoms with van der Waals surface area (Å²) in [6, 6.07) is 0. The van der Waals surface area contributed by atoms with Crippen molar-refractivity contribution in [3.63, 3.8) is 0 Å². The Morgan fingerprint density at radius 1 is 1.41 bits per heavy atom. The molecule has 1 aromatic rings. The molecule has 1 saturated heterocycles. The van der Waals surface area contributed by atoms with Crippen LogP contribution in [0.5, 0.6) is 0 Å². The molecule has 17 heavy (non-hydrogen) atoms. The van der Waals surface area contributed by atoms with E-state index in [1.165, 1.54) is 16.8 Å². The van der Waals surface area contributed by atoms with Crippen molar-refractivity contribution in [2.75, 3.05) is 19.3 Å². The molecule has 2 rings (SSSR count). The fourth-order valence-electron chi connectivity index (χ4n) is 2.07.